The number of pyridine rings is 1. The second-order valence-electron chi connectivity index (χ2n) is 4.80. The summed E-state index contributed by atoms with van der Waals surface area (Å²) in [6, 6.07) is 10.1. The molecule has 0 spiro atoms. The molecule has 5 nitrogen and oxygen atoms in total. The lowest BCUT2D eigenvalue weighted by Crippen LogP contribution is -2.13. The van der Waals surface area contributed by atoms with Gasteiger partial charge < -0.3 is 5.73 Å². The van der Waals surface area contributed by atoms with Gasteiger partial charge in [-0.2, -0.15) is 0 Å². The second kappa shape index (κ2) is 5.50. The Hall–Kier alpha value is -2.08. The van der Waals surface area contributed by atoms with Gasteiger partial charge in [-0.25, -0.2) is 13.4 Å². The minimum Gasteiger partial charge on any atom is -0.384 e. The number of aromatic nitrogens is 1. The van der Waals surface area contributed by atoms with E-state index in [0.29, 0.717) is 11.6 Å². The predicted octanol–water partition coefficient (Wildman–Crippen LogP) is 2.59. The molecule has 0 unspecified atom stereocenters. The van der Waals surface area contributed by atoms with Crippen LogP contribution in [0.4, 0.5) is 11.5 Å². The summed E-state index contributed by atoms with van der Waals surface area (Å²) in [7, 11) is -3.65. The molecule has 0 aliphatic rings. The number of nitrogens with two attached hydrogens (primary N) is 1. The van der Waals surface area contributed by atoms with Crippen LogP contribution in [-0.2, 0) is 10.0 Å². The fourth-order valence-corrected chi connectivity index (χ4v) is 2.84. The van der Waals surface area contributed by atoms with Gasteiger partial charge >= 0.3 is 0 Å². The Morgan fingerprint density at radius 1 is 1.20 bits per heavy atom. The van der Waals surface area contributed by atoms with Crippen molar-refractivity contribution in [1.82, 2.24) is 4.98 Å². The van der Waals surface area contributed by atoms with Gasteiger partial charge in [0.15, 0.2) is 0 Å². The van der Waals surface area contributed by atoms with Crippen LogP contribution in [-0.4, -0.2) is 13.4 Å². The van der Waals surface area contributed by atoms with Gasteiger partial charge in [0.25, 0.3) is 10.0 Å². The third-order valence-corrected chi connectivity index (χ3v) is 4.25. The van der Waals surface area contributed by atoms with Crippen molar-refractivity contribution in [3.05, 3.63) is 48.2 Å². The van der Waals surface area contributed by atoms with E-state index >= 15 is 0 Å². The van der Waals surface area contributed by atoms with Crippen LogP contribution in [0.5, 0.6) is 0 Å². The quantitative estimate of drug-likeness (QED) is 0.906. The van der Waals surface area contributed by atoms with Gasteiger partial charge in [-0.3, -0.25) is 4.72 Å². The molecule has 2 aromatic rings. The van der Waals surface area contributed by atoms with Gasteiger partial charge in [0.2, 0.25) is 0 Å². The first kappa shape index (κ1) is 14.3. The zero-order valence-electron chi connectivity index (χ0n) is 11.4. The van der Waals surface area contributed by atoms with Crippen LogP contribution in [0, 0.1) is 0 Å². The van der Waals surface area contributed by atoms with Crippen LogP contribution < -0.4 is 10.5 Å². The Morgan fingerprint density at radius 2 is 1.95 bits per heavy atom. The lowest BCUT2D eigenvalue weighted by atomic mass is 10.0. The largest absolute Gasteiger partial charge is 0.384 e. The van der Waals surface area contributed by atoms with Crippen molar-refractivity contribution in [2.24, 2.45) is 0 Å². The van der Waals surface area contributed by atoms with Crippen LogP contribution in [0.3, 0.4) is 0 Å². The zero-order valence-corrected chi connectivity index (χ0v) is 12.2. The van der Waals surface area contributed by atoms with E-state index in [4.69, 9.17) is 5.73 Å². The van der Waals surface area contributed by atoms with E-state index < -0.39 is 10.0 Å². The van der Waals surface area contributed by atoms with Crippen molar-refractivity contribution in [3.63, 3.8) is 0 Å². The number of nitrogens with zero attached hydrogens (tertiary/aromatic N) is 1. The second-order valence-corrected chi connectivity index (χ2v) is 6.48. The van der Waals surface area contributed by atoms with E-state index in [1.54, 1.807) is 6.07 Å². The van der Waals surface area contributed by atoms with Crippen molar-refractivity contribution in [2.75, 3.05) is 10.5 Å². The number of rotatable bonds is 4. The van der Waals surface area contributed by atoms with Gasteiger partial charge in [-0.05, 0) is 29.7 Å². The molecule has 0 bridgehead atoms. The number of hydrogen-bond donors (Lipinski definition) is 2. The van der Waals surface area contributed by atoms with Crippen molar-refractivity contribution < 1.29 is 8.42 Å². The maximum absolute atomic E-state index is 12.2. The molecule has 3 N–H and O–H groups in total. The molecule has 1 heterocycles. The summed E-state index contributed by atoms with van der Waals surface area (Å²) >= 11 is 0. The van der Waals surface area contributed by atoms with Crippen molar-refractivity contribution in [2.45, 2.75) is 24.7 Å². The third kappa shape index (κ3) is 3.27. The molecule has 6 heteroatoms. The maximum atomic E-state index is 12.2. The van der Waals surface area contributed by atoms with Crippen LogP contribution in [0.2, 0.25) is 0 Å². The summed E-state index contributed by atoms with van der Waals surface area (Å²) in [6.07, 6.45) is 1.37. The number of anilines is 2. The van der Waals surface area contributed by atoms with E-state index in [0.717, 1.165) is 5.56 Å². The number of sulfonamides is 1. The van der Waals surface area contributed by atoms with E-state index in [2.05, 4.69) is 23.6 Å². The summed E-state index contributed by atoms with van der Waals surface area (Å²) in [5.74, 6) is 0.500. The highest BCUT2D eigenvalue weighted by molar-refractivity contribution is 7.92. The Labute approximate surface area is 118 Å². The summed E-state index contributed by atoms with van der Waals surface area (Å²) in [6.45, 7) is 4.11. The number of hydrogen-bond acceptors (Lipinski definition) is 4. The maximum Gasteiger partial charge on any atom is 0.262 e. The molecule has 20 heavy (non-hydrogen) atoms. The lowest BCUT2D eigenvalue weighted by molar-refractivity contribution is 0.601. The average Bonchev–Trinajstić information content (AvgIpc) is 2.38. The fourth-order valence-electron chi connectivity index (χ4n) is 1.77. The third-order valence-electron chi connectivity index (χ3n) is 2.87. The van der Waals surface area contributed by atoms with Crippen molar-refractivity contribution in [1.29, 1.82) is 0 Å². The smallest absolute Gasteiger partial charge is 0.262 e. The standard InChI is InChI=1S/C14H17N3O2S/c1-10(2)11-4-3-5-12(8-11)17-20(18,19)13-6-7-16-14(15)9-13/h3-10,17H,1-2H3,(H2,15,16). The fraction of sp³-hybridized carbons (Fsp3) is 0.214. The molecule has 0 saturated carbocycles. The molecule has 0 fully saturated rings. The van der Waals surface area contributed by atoms with E-state index in [1.807, 2.05) is 18.2 Å². The highest BCUT2D eigenvalue weighted by atomic mass is 32.2. The highest BCUT2D eigenvalue weighted by Crippen LogP contribution is 2.21. The number of benzene rings is 1. The molecule has 106 valence electrons. The van der Waals surface area contributed by atoms with Crippen molar-refractivity contribution in [3.8, 4) is 0 Å². The summed E-state index contributed by atoms with van der Waals surface area (Å²) in [5.41, 5.74) is 7.11. The molecule has 1 aromatic heterocycles. The van der Waals surface area contributed by atoms with Crippen LogP contribution in [0.25, 0.3) is 0 Å². The molecule has 0 atom stereocenters. The Kier molecular flexibility index (Phi) is 3.94. The predicted molar refractivity (Wildman–Crippen MR) is 80.0 cm³/mol. The van der Waals surface area contributed by atoms with Gasteiger partial charge in [-0.15, -0.1) is 0 Å². The summed E-state index contributed by atoms with van der Waals surface area (Å²) < 4.78 is 27.0. The first-order valence-electron chi connectivity index (χ1n) is 6.23. The monoisotopic (exact) mass is 291 g/mol. The lowest BCUT2D eigenvalue weighted by Gasteiger charge is -2.11. The highest BCUT2D eigenvalue weighted by Gasteiger charge is 2.15. The Bertz CT molecular complexity index is 712. The Balaban J connectivity index is 2.31. The minimum atomic E-state index is -3.65. The molecule has 0 aliphatic carbocycles. The molecule has 1 aromatic carbocycles. The zero-order chi connectivity index (χ0) is 14.8. The summed E-state index contributed by atoms with van der Waals surface area (Å²) in [5, 5.41) is 0. The van der Waals surface area contributed by atoms with Crippen molar-refractivity contribution >= 4 is 21.5 Å². The minimum absolute atomic E-state index is 0.0972. The van der Waals surface area contributed by atoms with E-state index in [1.165, 1.54) is 18.3 Å². The molecule has 2 rings (SSSR count). The van der Waals surface area contributed by atoms with E-state index in [9.17, 15) is 8.42 Å². The summed E-state index contributed by atoms with van der Waals surface area (Å²) in [4.78, 5) is 3.88. The van der Waals surface area contributed by atoms with Crippen LogP contribution in [0.15, 0.2) is 47.5 Å². The van der Waals surface area contributed by atoms with E-state index in [-0.39, 0.29) is 10.7 Å². The average molecular weight is 291 g/mol. The van der Waals surface area contributed by atoms with Crippen LogP contribution in [0.1, 0.15) is 25.3 Å². The molecular formula is C14H17N3O2S. The molecule has 0 aliphatic heterocycles. The molecule has 0 saturated heterocycles. The number of nitrogen functional groups attached to an aromatic ring is 1. The van der Waals surface area contributed by atoms with Gasteiger partial charge in [0, 0.05) is 18.0 Å². The normalized spacial score (nSPS) is 11.6. The van der Waals surface area contributed by atoms with Gasteiger partial charge in [0.1, 0.15) is 5.82 Å². The Morgan fingerprint density at radius 3 is 2.60 bits per heavy atom. The first-order valence-corrected chi connectivity index (χ1v) is 7.71. The molecular weight excluding hydrogens is 274 g/mol. The SMILES string of the molecule is CC(C)c1cccc(NS(=O)(=O)c2ccnc(N)c2)c1. The topological polar surface area (TPSA) is 85.1 Å². The van der Waals surface area contributed by atoms with Gasteiger partial charge in [0.05, 0.1) is 4.90 Å². The molecule has 0 radical (unpaired) electrons. The first-order chi connectivity index (χ1) is 9.38. The number of nitrogens with one attached hydrogen (secondary N) is 1. The molecule has 0 amide bonds. The van der Waals surface area contributed by atoms with Crippen LogP contribution >= 0.6 is 0 Å². The van der Waals surface area contributed by atoms with Gasteiger partial charge in [-0.1, -0.05) is 26.0 Å².